The van der Waals surface area contributed by atoms with E-state index in [9.17, 15) is 9.59 Å². The molecule has 0 saturated heterocycles. The molecule has 0 radical (unpaired) electrons. The van der Waals surface area contributed by atoms with Gasteiger partial charge in [0.2, 0.25) is 5.91 Å². The van der Waals surface area contributed by atoms with Crippen molar-refractivity contribution in [2.75, 3.05) is 0 Å². The molecule has 3 atom stereocenters. The summed E-state index contributed by atoms with van der Waals surface area (Å²) in [4.78, 5) is 24.3. The number of benzene rings is 1. The summed E-state index contributed by atoms with van der Waals surface area (Å²) in [5.41, 5.74) is 5.96. The number of hydrogen-bond donors (Lipinski definition) is 2. The summed E-state index contributed by atoms with van der Waals surface area (Å²) in [6.45, 7) is 0. The van der Waals surface area contributed by atoms with Crippen LogP contribution in [0.3, 0.4) is 0 Å². The number of carbonyl (C=O) groups excluding carboxylic acids is 2. The number of aromatic nitrogens is 1. The van der Waals surface area contributed by atoms with E-state index >= 15 is 0 Å². The van der Waals surface area contributed by atoms with Gasteiger partial charge in [-0.25, -0.2) is 0 Å². The van der Waals surface area contributed by atoms with E-state index < -0.39 is 5.91 Å². The Hall–Kier alpha value is -2.63. The smallest absolute Gasteiger partial charge is 0.291 e. The van der Waals surface area contributed by atoms with E-state index in [2.05, 4.69) is 16.0 Å². The third-order valence-corrected chi connectivity index (χ3v) is 5.18. The Kier molecular flexibility index (Phi) is 3.80. The second-order valence-electron chi connectivity index (χ2n) is 6.67. The molecular weight excluding hydrogens is 306 g/mol. The first-order valence-electron chi connectivity index (χ1n) is 8.33. The van der Waals surface area contributed by atoms with Crippen molar-refractivity contribution in [3.05, 3.63) is 42.1 Å². The lowest BCUT2D eigenvalue weighted by Gasteiger charge is -2.20. The van der Waals surface area contributed by atoms with E-state index in [0.717, 1.165) is 24.8 Å². The molecule has 4 rings (SSSR count). The van der Waals surface area contributed by atoms with Crippen LogP contribution in [-0.4, -0.2) is 17.0 Å². The molecule has 2 aliphatic carbocycles. The van der Waals surface area contributed by atoms with E-state index in [1.54, 1.807) is 6.07 Å². The third kappa shape index (κ3) is 2.79. The summed E-state index contributed by atoms with van der Waals surface area (Å²) in [6.07, 6.45) is 4.45. The van der Waals surface area contributed by atoms with Gasteiger partial charge in [0.25, 0.3) is 5.91 Å². The summed E-state index contributed by atoms with van der Waals surface area (Å²) >= 11 is 0. The highest BCUT2D eigenvalue weighted by Crippen LogP contribution is 2.48. The average Bonchev–Trinajstić information content (AvgIpc) is 3.36. The molecule has 6 nitrogen and oxygen atoms in total. The topological polar surface area (TPSA) is 84.2 Å². The van der Waals surface area contributed by atoms with Gasteiger partial charge in [-0.05, 0) is 31.1 Å². The predicted octanol–water partition coefficient (Wildman–Crippen LogP) is 2.54. The van der Waals surface area contributed by atoms with Crippen LogP contribution in [0.2, 0.25) is 0 Å². The zero-order valence-electron chi connectivity index (χ0n) is 13.2. The van der Waals surface area contributed by atoms with Gasteiger partial charge in [-0.1, -0.05) is 41.9 Å². The largest absolute Gasteiger partial charge is 0.355 e. The lowest BCUT2D eigenvalue weighted by molar-refractivity contribution is -0.127. The quantitative estimate of drug-likeness (QED) is 0.849. The predicted molar refractivity (Wildman–Crippen MR) is 86.5 cm³/mol. The van der Waals surface area contributed by atoms with Crippen molar-refractivity contribution in [1.29, 1.82) is 0 Å². The fourth-order valence-electron chi connectivity index (χ4n) is 3.96. The molecule has 2 saturated carbocycles. The van der Waals surface area contributed by atoms with Crippen molar-refractivity contribution in [1.82, 2.24) is 16.0 Å². The first-order chi connectivity index (χ1) is 11.7. The van der Waals surface area contributed by atoms with E-state index in [0.29, 0.717) is 17.6 Å². The van der Waals surface area contributed by atoms with E-state index in [1.165, 1.54) is 6.42 Å². The zero-order valence-corrected chi connectivity index (χ0v) is 13.2. The Labute approximate surface area is 139 Å². The van der Waals surface area contributed by atoms with Crippen LogP contribution in [0.4, 0.5) is 0 Å². The van der Waals surface area contributed by atoms with E-state index in [-0.39, 0.29) is 17.5 Å². The van der Waals surface area contributed by atoms with Crippen LogP contribution in [0.1, 0.15) is 36.2 Å². The van der Waals surface area contributed by atoms with Crippen molar-refractivity contribution in [3.8, 4) is 11.3 Å². The molecule has 1 aromatic carbocycles. The number of nitrogens with one attached hydrogen (secondary N) is 2. The average molecular weight is 325 g/mol. The number of hydrogen-bond acceptors (Lipinski definition) is 4. The summed E-state index contributed by atoms with van der Waals surface area (Å²) in [6, 6.07) is 11.0. The Morgan fingerprint density at radius 2 is 1.92 bits per heavy atom. The number of fused-ring (bicyclic) bond motifs is 2. The lowest BCUT2D eigenvalue weighted by atomic mass is 9.88. The molecule has 2 fully saturated rings. The normalized spacial score (nSPS) is 24.8. The first-order valence-corrected chi connectivity index (χ1v) is 8.33. The van der Waals surface area contributed by atoms with Crippen LogP contribution in [0.25, 0.3) is 11.3 Å². The molecule has 1 heterocycles. The van der Waals surface area contributed by atoms with Crippen molar-refractivity contribution >= 4 is 11.8 Å². The maximum Gasteiger partial charge on any atom is 0.291 e. The second kappa shape index (κ2) is 6.11. The number of nitrogens with zero attached hydrogens (tertiary/aromatic N) is 1. The molecule has 124 valence electrons. The van der Waals surface area contributed by atoms with Crippen LogP contribution >= 0.6 is 0 Å². The van der Waals surface area contributed by atoms with Gasteiger partial charge in [-0.15, -0.1) is 0 Å². The number of hydrazine groups is 1. The van der Waals surface area contributed by atoms with Crippen molar-refractivity contribution in [2.45, 2.75) is 25.7 Å². The Morgan fingerprint density at radius 1 is 1.08 bits per heavy atom. The SMILES string of the molecule is O=C(NNC(=O)C1CC2CCC1C2)c1cc(-c2ccccc2)on1. The molecule has 2 amide bonds. The Balaban J connectivity index is 1.35. The molecule has 2 N–H and O–H groups in total. The fraction of sp³-hybridized carbons (Fsp3) is 0.389. The van der Waals surface area contributed by atoms with Crippen LogP contribution in [0.5, 0.6) is 0 Å². The molecule has 2 aliphatic rings. The molecule has 1 aromatic heterocycles. The lowest BCUT2D eigenvalue weighted by Crippen LogP contribution is -2.45. The summed E-state index contributed by atoms with van der Waals surface area (Å²) in [5, 5.41) is 3.77. The van der Waals surface area contributed by atoms with Crippen LogP contribution in [-0.2, 0) is 4.79 Å². The van der Waals surface area contributed by atoms with Crippen LogP contribution in [0, 0.1) is 17.8 Å². The Bertz CT molecular complexity index is 756. The summed E-state index contributed by atoms with van der Waals surface area (Å²) < 4.78 is 5.20. The molecule has 0 aliphatic heterocycles. The standard InChI is InChI=1S/C18H19N3O3/c22-17(14-9-11-6-7-13(14)8-11)19-20-18(23)15-10-16(24-21-15)12-4-2-1-3-5-12/h1-5,10-11,13-14H,6-9H2,(H,19,22)(H,20,23). The zero-order chi connectivity index (χ0) is 16.5. The molecule has 3 unspecified atom stereocenters. The van der Waals surface area contributed by atoms with Gasteiger partial charge in [-0.3, -0.25) is 20.4 Å². The van der Waals surface area contributed by atoms with Gasteiger partial charge < -0.3 is 4.52 Å². The third-order valence-electron chi connectivity index (χ3n) is 5.18. The highest BCUT2D eigenvalue weighted by Gasteiger charge is 2.43. The molecular formula is C18H19N3O3. The van der Waals surface area contributed by atoms with E-state index in [4.69, 9.17) is 4.52 Å². The van der Waals surface area contributed by atoms with Crippen molar-refractivity contribution in [3.63, 3.8) is 0 Å². The highest BCUT2D eigenvalue weighted by atomic mass is 16.5. The number of rotatable bonds is 3. The second-order valence-corrected chi connectivity index (χ2v) is 6.67. The van der Waals surface area contributed by atoms with Crippen LogP contribution in [0.15, 0.2) is 40.9 Å². The van der Waals surface area contributed by atoms with Crippen molar-refractivity contribution in [2.24, 2.45) is 17.8 Å². The van der Waals surface area contributed by atoms with Gasteiger partial charge >= 0.3 is 0 Å². The monoisotopic (exact) mass is 325 g/mol. The van der Waals surface area contributed by atoms with Gasteiger partial charge in [0, 0.05) is 17.5 Å². The Morgan fingerprint density at radius 3 is 2.62 bits per heavy atom. The summed E-state index contributed by atoms with van der Waals surface area (Å²) in [5.74, 6) is 1.13. The fourth-order valence-corrected chi connectivity index (χ4v) is 3.96. The molecule has 2 bridgehead atoms. The van der Waals surface area contributed by atoms with Gasteiger partial charge in [-0.2, -0.15) is 0 Å². The minimum Gasteiger partial charge on any atom is -0.355 e. The summed E-state index contributed by atoms with van der Waals surface area (Å²) in [7, 11) is 0. The molecule has 24 heavy (non-hydrogen) atoms. The number of carbonyl (C=O) groups is 2. The first kappa shape index (κ1) is 14.9. The molecule has 0 spiro atoms. The number of amides is 2. The van der Waals surface area contributed by atoms with Crippen LogP contribution < -0.4 is 10.9 Å². The minimum absolute atomic E-state index is 0.0289. The highest BCUT2D eigenvalue weighted by molar-refractivity contribution is 5.94. The minimum atomic E-state index is -0.475. The molecule has 2 aromatic rings. The van der Waals surface area contributed by atoms with E-state index in [1.807, 2.05) is 30.3 Å². The van der Waals surface area contributed by atoms with Gasteiger partial charge in [0.05, 0.1) is 0 Å². The van der Waals surface area contributed by atoms with Gasteiger partial charge in [0.1, 0.15) is 0 Å². The van der Waals surface area contributed by atoms with Crippen molar-refractivity contribution < 1.29 is 14.1 Å². The van der Waals surface area contributed by atoms with Gasteiger partial charge in [0.15, 0.2) is 11.5 Å². The molecule has 6 heteroatoms. The maximum atomic E-state index is 12.2. The maximum absolute atomic E-state index is 12.2.